The van der Waals surface area contributed by atoms with Crippen molar-refractivity contribution in [1.82, 2.24) is 9.80 Å². The fourth-order valence-electron chi connectivity index (χ4n) is 3.48. The molecule has 106 valence electrons. The van der Waals surface area contributed by atoms with E-state index in [1.165, 1.54) is 25.7 Å². The summed E-state index contributed by atoms with van der Waals surface area (Å²) in [4.78, 5) is 4.86. The standard InChI is InChI=1S/C14H29N3O/c1-16-7-8-18-13(10-16)11-17(2)14-6-4-3-5-12(14)9-15/h12-14H,3-11,15H2,1-2H3. The lowest BCUT2D eigenvalue weighted by atomic mass is 9.83. The molecule has 0 aromatic rings. The predicted molar refractivity (Wildman–Crippen MR) is 74.7 cm³/mol. The quantitative estimate of drug-likeness (QED) is 0.805. The molecule has 1 heterocycles. The molecular weight excluding hydrogens is 226 g/mol. The van der Waals surface area contributed by atoms with Crippen LogP contribution in [0.5, 0.6) is 0 Å². The fourth-order valence-corrected chi connectivity index (χ4v) is 3.48. The van der Waals surface area contributed by atoms with Gasteiger partial charge in [0, 0.05) is 25.7 Å². The lowest BCUT2D eigenvalue weighted by Gasteiger charge is -2.40. The van der Waals surface area contributed by atoms with Gasteiger partial charge >= 0.3 is 0 Å². The van der Waals surface area contributed by atoms with Gasteiger partial charge in [-0.2, -0.15) is 0 Å². The number of morpholine rings is 1. The van der Waals surface area contributed by atoms with Gasteiger partial charge in [0.2, 0.25) is 0 Å². The Morgan fingerprint density at radius 2 is 2.11 bits per heavy atom. The number of hydrogen-bond acceptors (Lipinski definition) is 4. The Balaban J connectivity index is 1.83. The van der Waals surface area contributed by atoms with E-state index in [2.05, 4.69) is 23.9 Å². The van der Waals surface area contributed by atoms with Crippen molar-refractivity contribution in [1.29, 1.82) is 0 Å². The number of nitrogens with zero attached hydrogens (tertiary/aromatic N) is 2. The van der Waals surface area contributed by atoms with Crippen LogP contribution in [0, 0.1) is 5.92 Å². The van der Waals surface area contributed by atoms with Gasteiger partial charge in [0.25, 0.3) is 0 Å². The van der Waals surface area contributed by atoms with Crippen molar-refractivity contribution in [3.63, 3.8) is 0 Å². The third-order valence-electron chi connectivity index (χ3n) is 4.57. The van der Waals surface area contributed by atoms with E-state index in [1.54, 1.807) is 0 Å². The first kappa shape index (κ1) is 14.3. The normalized spacial score (nSPS) is 35.0. The largest absolute Gasteiger partial charge is 0.374 e. The maximum atomic E-state index is 5.92. The van der Waals surface area contributed by atoms with Crippen LogP contribution in [0.3, 0.4) is 0 Å². The van der Waals surface area contributed by atoms with E-state index < -0.39 is 0 Å². The summed E-state index contributed by atoms with van der Waals surface area (Å²) in [5.74, 6) is 0.685. The van der Waals surface area contributed by atoms with Crippen molar-refractivity contribution < 1.29 is 4.74 Å². The molecule has 1 aliphatic heterocycles. The molecule has 18 heavy (non-hydrogen) atoms. The highest BCUT2D eigenvalue weighted by atomic mass is 16.5. The Morgan fingerprint density at radius 1 is 1.33 bits per heavy atom. The highest BCUT2D eigenvalue weighted by Crippen LogP contribution is 2.27. The summed E-state index contributed by atoms with van der Waals surface area (Å²) in [7, 11) is 4.43. The highest BCUT2D eigenvalue weighted by molar-refractivity contribution is 4.84. The zero-order valence-electron chi connectivity index (χ0n) is 12.0. The molecule has 2 fully saturated rings. The Hall–Kier alpha value is -0.160. The first-order valence-electron chi connectivity index (χ1n) is 7.41. The summed E-state index contributed by atoms with van der Waals surface area (Å²) in [5.41, 5.74) is 5.92. The first-order chi connectivity index (χ1) is 8.70. The Labute approximate surface area is 111 Å². The van der Waals surface area contributed by atoms with E-state index in [9.17, 15) is 0 Å². The van der Waals surface area contributed by atoms with Gasteiger partial charge in [0.05, 0.1) is 12.7 Å². The summed E-state index contributed by atoms with van der Waals surface area (Å²) in [6, 6.07) is 0.666. The predicted octanol–water partition coefficient (Wildman–Crippen LogP) is 0.766. The van der Waals surface area contributed by atoms with Gasteiger partial charge in [-0.05, 0) is 39.4 Å². The summed E-state index contributed by atoms with van der Waals surface area (Å²) in [6.45, 7) is 4.88. The van der Waals surface area contributed by atoms with Crippen molar-refractivity contribution in [3.8, 4) is 0 Å². The van der Waals surface area contributed by atoms with E-state index in [1.807, 2.05) is 0 Å². The van der Waals surface area contributed by atoms with Gasteiger partial charge in [-0.25, -0.2) is 0 Å². The van der Waals surface area contributed by atoms with Crippen LogP contribution in [0.4, 0.5) is 0 Å². The maximum absolute atomic E-state index is 5.92. The third-order valence-corrected chi connectivity index (χ3v) is 4.57. The van der Waals surface area contributed by atoms with E-state index in [0.717, 1.165) is 32.8 Å². The molecule has 1 saturated heterocycles. The fraction of sp³-hybridized carbons (Fsp3) is 1.00. The topological polar surface area (TPSA) is 41.7 Å². The van der Waals surface area contributed by atoms with Crippen molar-refractivity contribution in [2.75, 3.05) is 46.9 Å². The van der Waals surface area contributed by atoms with Gasteiger partial charge in [0.15, 0.2) is 0 Å². The lowest BCUT2D eigenvalue weighted by Crippen LogP contribution is -2.50. The zero-order chi connectivity index (χ0) is 13.0. The first-order valence-corrected chi connectivity index (χ1v) is 7.41. The average molecular weight is 255 g/mol. The minimum Gasteiger partial charge on any atom is -0.374 e. The summed E-state index contributed by atoms with van der Waals surface area (Å²) in [5, 5.41) is 0. The van der Waals surface area contributed by atoms with Crippen LogP contribution in [0.2, 0.25) is 0 Å². The maximum Gasteiger partial charge on any atom is 0.0829 e. The number of ether oxygens (including phenoxy) is 1. The van der Waals surface area contributed by atoms with E-state index >= 15 is 0 Å². The monoisotopic (exact) mass is 255 g/mol. The molecule has 2 aliphatic rings. The SMILES string of the molecule is CN1CCOC(CN(C)C2CCCCC2CN)C1. The lowest BCUT2D eigenvalue weighted by molar-refractivity contribution is -0.0427. The molecule has 2 N–H and O–H groups in total. The summed E-state index contributed by atoms with van der Waals surface area (Å²) >= 11 is 0. The molecule has 0 aromatic carbocycles. The molecule has 0 bridgehead atoms. The molecular formula is C14H29N3O. The molecule has 3 atom stereocenters. The average Bonchev–Trinajstić information content (AvgIpc) is 2.38. The molecule has 4 heteroatoms. The van der Waals surface area contributed by atoms with Crippen LogP contribution >= 0.6 is 0 Å². The molecule has 0 radical (unpaired) electrons. The molecule has 0 spiro atoms. The van der Waals surface area contributed by atoms with Gasteiger partial charge in [0.1, 0.15) is 0 Å². The number of hydrogen-bond donors (Lipinski definition) is 1. The van der Waals surface area contributed by atoms with Crippen LogP contribution in [-0.4, -0.2) is 68.8 Å². The molecule has 0 amide bonds. The van der Waals surface area contributed by atoms with Crippen molar-refractivity contribution in [2.24, 2.45) is 11.7 Å². The van der Waals surface area contributed by atoms with Crippen LogP contribution in [0.25, 0.3) is 0 Å². The number of likely N-dealkylation sites (N-methyl/N-ethyl adjacent to an activating group) is 2. The van der Waals surface area contributed by atoms with E-state index in [0.29, 0.717) is 18.1 Å². The van der Waals surface area contributed by atoms with Crippen molar-refractivity contribution in [2.45, 2.75) is 37.8 Å². The Bertz CT molecular complexity index is 249. The molecule has 4 nitrogen and oxygen atoms in total. The summed E-state index contributed by atoms with van der Waals surface area (Å²) < 4.78 is 5.86. The van der Waals surface area contributed by atoms with Gasteiger partial charge in [-0.15, -0.1) is 0 Å². The smallest absolute Gasteiger partial charge is 0.0829 e. The summed E-state index contributed by atoms with van der Waals surface area (Å²) in [6.07, 6.45) is 5.69. The molecule has 3 unspecified atom stereocenters. The molecule has 1 aliphatic carbocycles. The highest BCUT2D eigenvalue weighted by Gasteiger charge is 2.29. The minimum absolute atomic E-state index is 0.370. The molecule has 1 saturated carbocycles. The van der Waals surface area contributed by atoms with Crippen LogP contribution in [0.15, 0.2) is 0 Å². The Morgan fingerprint density at radius 3 is 2.83 bits per heavy atom. The van der Waals surface area contributed by atoms with E-state index in [-0.39, 0.29) is 0 Å². The van der Waals surface area contributed by atoms with E-state index in [4.69, 9.17) is 10.5 Å². The number of rotatable bonds is 4. The van der Waals surface area contributed by atoms with Gasteiger partial charge < -0.3 is 20.3 Å². The van der Waals surface area contributed by atoms with Crippen LogP contribution in [-0.2, 0) is 4.74 Å². The minimum atomic E-state index is 0.370. The second kappa shape index (κ2) is 6.85. The third kappa shape index (κ3) is 3.67. The second-order valence-electron chi connectivity index (χ2n) is 6.04. The zero-order valence-corrected chi connectivity index (χ0v) is 12.0. The molecule has 0 aromatic heterocycles. The van der Waals surface area contributed by atoms with Gasteiger partial charge in [-0.1, -0.05) is 12.8 Å². The molecule has 2 rings (SSSR count). The van der Waals surface area contributed by atoms with Crippen LogP contribution < -0.4 is 5.73 Å². The Kier molecular flexibility index (Phi) is 5.42. The number of nitrogens with two attached hydrogens (primary N) is 1. The van der Waals surface area contributed by atoms with Crippen LogP contribution in [0.1, 0.15) is 25.7 Å². The second-order valence-corrected chi connectivity index (χ2v) is 6.04. The van der Waals surface area contributed by atoms with Crippen molar-refractivity contribution in [3.05, 3.63) is 0 Å². The van der Waals surface area contributed by atoms with Crippen molar-refractivity contribution >= 4 is 0 Å². The van der Waals surface area contributed by atoms with Gasteiger partial charge in [-0.3, -0.25) is 0 Å².